The number of hydrogen-bond donors (Lipinski definition) is 1. The van der Waals surface area contributed by atoms with Crippen LogP contribution >= 0.6 is 11.8 Å². The maximum atomic E-state index is 9.05. The zero-order chi connectivity index (χ0) is 20.8. The van der Waals surface area contributed by atoms with Crippen molar-refractivity contribution in [1.82, 2.24) is 0 Å². The summed E-state index contributed by atoms with van der Waals surface area (Å²) in [7, 11) is 4.44. The average molecular weight is 544 g/mol. The van der Waals surface area contributed by atoms with Crippen molar-refractivity contribution in [2.75, 3.05) is 45.3 Å². The molecule has 2 nitrogen and oxygen atoms in total. The molecule has 0 aliphatic rings. The standard InChI is InChI=1S/C25H54NOS.HI/c1-4-5-6-7-8-9-10-11-12-13-14-15-16-17-18-19-24-28-25-20-21-26(2,3)22-23-27;/h27H,4-25H2,1-3H3;1H/q+1;/p-1. The molecule has 0 aromatic heterocycles. The zero-order valence-electron chi connectivity index (χ0n) is 20.2. The predicted octanol–water partition coefficient (Wildman–Crippen LogP) is 4.44. The minimum absolute atomic E-state index is 0. The van der Waals surface area contributed by atoms with Gasteiger partial charge in [-0.3, -0.25) is 0 Å². The topological polar surface area (TPSA) is 20.2 Å². The number of nitrogens with zero attached hydrogens (tertiary/aromatic N) is 1. The molecule has 0 spiro atoms. The number of halogens is 1. The van der Waals surface area contributed by atoms with Crippen molar-refractivity contribution in [1.29, 1.82) is 0 Å². The first-order valence-electron chi connectivity index (χ1n) is 12.6. The molecule has 1 N–H and O–H groups in total. The van der Waals surface area contributed by atoms with Gasteiger partial charge in [0.15, 0.2) is 0 Å². The summed E-state index contributed by atoms with van der Waals surface area (Å²) < 4.78 is 0.954. The molecule has 0 amide bonds. The summed E-state index contributed by atoms with van der Waals surface area (Å²) in [6.07, 6.45) is 24.5. The molecule has 0 bridgehead atoms. The maximum Gasteiger partial charge on any atom is 0.102 e. The first kappa shape index (κ1) is 32.2. The summed E-state index contributed by atoms with van der Waals surface area (Å²) in [5, 5.41) is 9.05. The molecular weight excluding hydrogens is 489 g/mol. The lowest BCUT2D eigenvalue weighted by molar-refractivity contribution is -0.890. The van der Waals surface area contributed by atoms with Crippen LogP contribution in [-0.2, 0) is 0 Å². The van der Waals surface area contributed by atoms with Crippen LogP contribution in [0.25, 0.3) is 0 Å². The number of thioether (sulfide) groups is 1. The summed E-state index contributed by atoms with van der Waals surface area (Å²) >= 11 is 2.13. The Morgan fingerprint density at radius 1 is 0.552 bits per heavy atom. The van der Waals surface area contributed by atoms with Gasteiger partial charge in [-0.1, -0.05) is 103 Å². The van der Waals surface area contributed by atoms with Crippen LogP contribution in [0, 0.1) is 0 Å². The lowest BCUT2D eigenvalue weighted by atomic mass is 10.0. The van der Waals surface area contributed by atoms with Crippen LogP contribution in [0.5, 0.6) is 0 Å². The molecule has 0 rings (SSSR count). The van der Waals surface area contributed by atoms with Gasteiger partial charge in [0, 0.05) is 6.42 Å². The van der Waals surface area contributed by atoms with E-state index in [4.69, 9.17) is 5.11 Å². The van der Waals surface area contributed by atoms with E-state index in [1.54, 1.807) is 0 Å². The van der Waals surface area contributed by atoms with Crippen LogP contribution in [0.4, 0.5) is 0 Å². The fourth-order valence-corrected chi connectivity index (χ4v) is 4.78. The molecule has 0 aliphatic heterocycles. The Balaban J connectivity index is 0. The highest BCUT2D eigenvalue weighted by Crippen LogP contribution is 2.15. The Morgan fingerprint density at radius 3 is 1.34 bits per heavy atom. The molecule has 0 atom stereocenters. The van der Waals surface area contributed by atoms with Gasteiger partial charge in [-0.2, -0.15) is 11.8 Å². The Hall–Kier alpha value is 1.00. The van der Waals surface area contributed by atoms with Crippen LogP contribution in [0.2, 0.25) is 0 Å². The number of rotatable bonds is 23. The number of quaternary nitrogens is 1. The van der Waals surface area contributed by atoms with E-state index in [-0.39, 0.29) is 24.0 Å². The molecular formula is C25H54INOS. The smallest absolute Gasteiger partial charge is 0.102 e. The maximum absolute atomic E-state index is 9.05. The van der Waals surface area contributed by atoms with Crippen molar-refractivity contribution in [2.45, 2.75) is 116 Å². The minimum Gasteiger partial charge on any atom is -1.00 e. The summed E-state index contributed by atoms with van der Waals surface area (Å²) in [6.45, 7) is 4.67. The van der Waals surface area contributed by atoms with E-state index < -0.39 is 0 Å². The first-order valence-corrected chi connectivity index (χ1v) is 13.8. The van der Waals surface area contributed by atoms with Crippen LogP contribution in [0.15, 0.2) is 0 Å². The van der Waals surface area contributed by atoms with E-state index in [1.807, 2.05) is 0 Å². The second-order valence-corrected chi connectivity index (χ2v) is 10.6. The van der Waals surface area contributed by atoms with E-state index in [1.165, 1.54) is 127 Å². The molecule has 0 radical (unpaired) electrons. The third kappa shape index (κ3) is 27.0. The van der Waals surface area contributed by atoms with Gasteiger partial charge in [0.1, 0.15) is 6.54 Å². The van der Waals surface area contributed by atoms with Gasteiger partial charge in [0.05, 0.1) is 27.2 Å². The molecule has 178 valence electrons. The number of aliphatic hydroxyl groups excluding tert-OH is 1. The number of aliphatic hydroxyl groups is 1. The van der Waals surface area contributed by atoms with Gasteiger partial charge in [-0.25, -0.2) is 0 Å². The van der Waals surface area contributed by atoms with Gasteiger partial charge in [-0.15, -0.1) is 0 Å². The molecule has 0 unspecified atom stereocenters. The average Bonchev–Trinajstić information content (AvgIpc) is 2.66. The SMILES string of the molecule is CCCCCCCCCCCCCCCCCCSCCC[N+](C)(C)CCO.[I-]. The fraction of sp³-hybridized carbons (Fsp3) is 1.00. The van der Waals surface area contributed by atoms with Crippen LogP contribution in [0.1, 0.15) is 116 Å². The van der Waals surface area contributed by atoms with Gasteiger partial charge >= 0.3 is 0 Å². The number of hydrogen-bond acceptors (Lipinski definition) is 2. The number of unbranched alkanes of at least 4 members (excludes halogenated alkanes) is 15. The molecule has 0 aromatic carbocycles. The molecule has 0 aromatic rings. The zero-order valence-corrected chi connectivity index (χ0v) is 23.2. The van der Waals surface area contributed by atoms with Crippen LogP contribution in [-0.4, -0.2) is 54.9 Å². The van der Waals surface area contributed by atoms with Crippen LogP contribution < -0.4 is 24.0 Å². The third-order valence-corrected chi connectivity index (χ3v) is 7.05. The minimum atomic E-state index is 0. The largest absolute Gasteiger partial charge is 1.00 e. The molecule has 0 saturated carbocycles. The van der Waals surface area contributed by atoms with E-state index in [9.17, 15) is 0 Å². The van der Waals surface area contributed by atoms with Gasteiger partial charge < -0.3 is 33.6 Å². The molecule has 0 aliphatic carbocycles. The number of likely N-dealkylation sites (N-methyl/N-ethyl adjacent to an activating group) is 1. The van der Waals surface area contributed by atoms with E-state index >= 15 is 0 Å². The second-order valence-electron chi connectivity index (χ2n) is 9.38. The Kier molecular flexibility index (Phi) is 28.0. The Morgan fingerprint density at radius 2 is 0.931 bits per heavy atom. The van der Waals surface area contributed by atoms with E-state index in [2.05, 4.69) is 32.8 Å². The first-order chi connectivity index (χ1) is 13.6. The predicted molar refractivity (Wildman–Crippen MR) is 130 cm³/mol. The van der Waals surface area contributed by atoms with Crippen molar-refractivity contribution in [3.05, 3.63) is 0 Å². The lowest BCUT2D eigenvalue weighted by Gasteiger charge is -2.28. The molecule has 0 fully saturated rings. The monoisotopic (exact) mass is 543 g/mol. The van der Waals surface area contributed by atoms with Gasteiger partial charge in [0.2, 0.25) is 0 Å². The van der Waals surface area contributed by atoms with Gasteiger partial charge in [-0.05, 0) is 17.9 Å². The molecule has 0 heterocycles. The molecule has 29 heavy (non-hydrogen) atoms. The summed E-state index contributed by atoms with van der Waals surface area (Å²) in [5.41, 5.74) is 0. The summed E-state index contributed by atoms with van der Waals surface area (Å²) in [5.74, 6) is 2.62. The van der Waals surface area contributed by atoms with Crippen molar-refractivity contribution in [2.24, 2.45) is 0 Å². The highest BCUT2D eigenvalue weighted by atomic mass is 127. The Labute approximate surface area is 206 Å². The normalized spacial score (nSPS) is 11.6. The summed E-state index contributed by atoms with van der Waals surface area (Å²) in [6, 6.07) is 0. The quantitative estimate of drug-likeness (QED) is 0.117. The highest BCUT2D eigenvalue weighted by molar-refractivity contribution is 7.99. The van der Waals surface area contributed by atoms with Gasteiger partial charge in [0.25, 0.3) is 0 Å². The Bertz CT molecular complexity index is 303. The van der Waals surface area contributed by atoms with Crippen LogP contribution in [0.3, 0.4) is 0 Å². The summed E-state index contributed by atoms with van der Waals surface area (Å²) in [4.78, 5) is 0. The highest BCUT2D eigenvalue weighted by Gasteiger charge is 2.12. The molecule has 0 saturated heterocycles. The van der Waals surface area contributed by atoms with Crippen molar-refractivity contribution < 1.29 is 33.6 Å². The second kappa shape index (κ2) is 25.3. The van der Waals surface area contributed by atoms with Crippen molar-refractivity contribution in [3.8, 4) is 0 Å². The van der Waals surface area contributed by atoms with E-state index in [0.717, 1.165) is 11.0 Å². The lowest BCUT2D eigenvalue weighted by Crippen LogP contribution is -3.00. The van der Waals surface area contributed by atoms with E-state index in [0.29, 0.717) is 6.61 Å². The molecule has 4 heteroatoms. The fourth-order valence-electron chi connectivity index (χ4n) is 3.83. The van der Waals surface area contributed by atoms with Crippen molar-refractivity contribution >= 4 is 11.8 Å². The van der Waals surface area contributed by atoms with Crippen molar-refractivity contribution in [3.63, 3.8) is 0 Å². The third-order valence-electron chi connectivity index (χ3n) is 5.90.